The number of hydrogen-bond donors (Lipinski definition) is 2. The minimum Gasteiger partial charge on any atom is -0.496 e. The second kappa shape index (κ2) is 5.67. The fourth-order valence-corrected chi connectivity index (χ4v) is 2.64. The Kier molecular flexibility index (Phi) is 4.19. The molecule has 2 atom stereocenters. The van der Waals surface area contributed by atoms with Gasteiger partial charge in [-0.3, -0.25) is 4.98 Å². The van der Waals surface area contributed by atoms with E-state index in [0.717, 1.165) is 48.5 Å². The maximum atomic E-state index is 10.0. The minimum absolute atomic E-state index is 0.222. The molecule has 1 aliphatic rings. The third kappa shape index (κ3) is 2.65. The Bertz CT molecular complexity index is 421. The van der Waals surface area contributed by atoms with Crippen molar-refractivity contribution in [3.05, 3.63) is 23.0 Å². The van der Waals surface area contributed by atoms with Gasteiger partial charge in [0.05, 0.1) is 13.2 Å². The van der Waals surface area contributed by atoms with E-state index in [1.54, 1.807) is 7.11 Å². The van der Waals surface area contributed by atoms with E-state index in [0.29, 0.717) is 0 Å². The summed E-state index contributed by atoms with van der Waals surface area (Å²) >= 11 is 0. The quantitative estimate of drug-likeness (QED) is 0.847. The summed E-state index contributed by atoms with van der Waals surface area (Å²) in [5.41, 5.74) is 3.18. The number of aliphatic hydroxyl groups is 1. The van der Waals surface area contributed by atoms with Crippen molar-refractivity contribution in [2.75, 3.05) is 20.2 Å². The molecule has 0 aromatic carbocycles. The highest BCUT2D eigenvalue weighted by Crippen LogP contribution is 2.26. The Morgan fingerprint density at radius 1 is 1.50 bits per heavy atom. The van der Waals surface area contributed by atoms with Crippen molar-refractivity contribution in [3.63, 3.8) is 0 Å². The van der Waals surface area contributed by atoms with Gasteiger partial charge in [-0.2, -0.15) is 0 Å². The van der Waals surface area contributed by atoms with Gasteiger partial charge in [-0.05, 0) is 33.2 Å². The molecule has 0 radical (unpaired) electrons. The van der Waals surface area contributed by atoms with Gasteiger partial charge in [0.15, 0.2) is 0 Å². The van der Waals surface area contributed by atoms with Gasteiger partial charge in [0.2, 0.25) is 0 Å². The number of piperidine rings is 1. The molecule has 18 heavy (non-hydrogen) atoms. The van der Waals surface area contributed by atoms with Gasteiger partial charge in [0.1, 0.15) is 5.75 Å². The van der Waals surface area contributed by atoms with E-state index in [2.05, 4.69) is 10.3 Å². The number of aliphatic hydroxyl groups excluding tert-OH is 1. The number of pyridine rings is 1. The molecule has 4 nitrogen and oxygen atoms in total. The molecule has 1 saturated heterocycles. The molecule has 1 fully saturated rings. The summed E-state index contributed by atoms with van der Waals surface area (Å²) in [5, 5.41) is 13.3. The van der Waals surface area contributed by atoms with Crippen LogP contribution in [0.5, 0.6) is 5.75 Å². The van der Waals surface area contributed by atoms with Crippen LogP contribution in [0.4, 0.5) is 0 Å². The topological polar surface area (TPSA) is 54.4 Å². The van der Waals surface area contributed by atoms with Crippen molar-refractivity contribution in [3.8, 4) is 5.75 Å². The summed E-state index contributed by atoms with van der Waals surface area (Å²) in [6, 6.07) is 0. The number of nitrogens with one attached hydrogen (secondary N) is 1. The first kappa shape index (κ1) is 13.3. The summed E-state index contributed by atoms with van der Waals surface area (Å²) in [6.07, 6.45) is 3.26. The van der Waals surface area contributed by atoms with Gasteiger partial charge in [0.25, 0.3) is 0 Å². The SMILES string of the molecule is COc1c(C)cnc(CC2CNCCC2O)c1C. The molecule has 1 aliphatic heterocycles. The fraction of sp³-hybridized carbons (Fsp3) is 0.643. The zero-order valence-corrected chi connectivity index (χ0v) is 11.4. The van der Waals surface area contributed by atoms with E-state index in [-0.39, 0.29) is 12.0 Å². The lowest BCUT2D eigenvalue weighted by Gasteiger charge is -2.28. The van der Waals surface area contributed by atoms with Crippen molar-refractivity contribution >= 4 is 0 Å². The molecule has 2 N–H and O–H groups in total. The average Bonchev–Trinajstić information content (AvgIpc) is 2.36. The summed E-state index contributed by atoms with van der Waals surface area (Å²) in [5.74, 6) is 1.16. The first-order chi connectivity index (χ1) is 8.63. The van der Waals surface area contributed by atoms with E-state index in [1.807, 2.05) is 20.0 Å². The molecule has 100 valence electrons. The van der Waals surface area contributed by atoms with Crippen LogP contribution in [0.15, 0.2) is 6.20 Å². The molecule has 0 amide bonds. The molecule has 2 rings (SSSR count). The summed E-state index contributed by atoms with van der Waals surface area (Å²) < 4.78 is 5.41. The van der Waals surface area contributed by atoms with Gasteiger partial charge < -0.3 is 15.2 Å². The van der Waals surface area contributed by atoms with Crippen molar-refractivity contribution < 1.29 is 9.84 Å². The Morgan fingerprint density at radius 2 is 2.28 bits per heavy atom. The van der Waals surface area contributed by atoms with Crippen LogP contribution < -0.4 is 10.1 Å². The predicted molar refractivity (Wildman–Crippen MR) is 71.0 cm³/mol. The molecule has 2 unspecified atom stereocenters. The smallest absolute Gasteiger partial charge is 0.128 e. The van der Waals surface area contributed by atoms with Crippen LogP contribution >= 0.6 is 0 Å². The summed E-state index contributed by atoms with van der Waals surface area (Å²) in [4.78, 5) is 4.50. The molecule has 1 aromatic heterocycles. The Labute approximate surface area is 108 Å². The van der Waals surface area contributed by atoms with Crippen LogP contribution in [0.3, 0.4) is 0 Å². The lowest BCUT2D eigenvalue weighted by molar-refractivity contribution is 0.0785. The Hall–Kier alpha value is -1.13. The highest BCUT2D eigenvalue weighted by Gasteiger charge is 2.24. The number of methoxy groups -OCH3 is 1. The molecule has 0 saturated carbocycles. The van der Waals surface area contributed by atoms with Crippen molar-refractivity contribution in [2.45, 2.75) is 32.8 Å². The van der Waals surface area contributed by atoms with Gasteiger partial charge in [0, 0.05) is 35.5 Å². The average molecular weight is 250 g/mol. The van der Waals surface area contributed by atoms with Crippen LogP contribution in [0, 0.1) is 19.8 Å². The van der Waals surface area contributed by atoms with Gasteiger partial charge >= 0.3 is 0 Å². The highest BCUT2D eigenvalue weighted by molar-refractivity contribution is 5.41. The number of nitrogens with zero attached hydrogens (tertiary/aromatic N) is 1. The molecular weight excluding hydrogens is 228 g/mol. The zero-order chi connectivity index (χ0) is 13.1. The van der Waals surface area contributed by atoms with Crippen LogP contribution in [-0.2, 0) is 6.42 Å². The number of ether oxygens (including phenoxy) is 1. The molecule has 0 bridgehead atoms. The van der Waals surface area contributed by atoms with Crippen molar-refractivity contribution in [2.24, 2.45) is 5.92 Å². The van der Waals surface area contributed by atoms with Crippen LogP contribution in [0.25, 0.3) is 0 Å². The summed E-state index contributed by atoms with van der Waals surface area (Å²) in [6.45, 7) is 5.80. The summed E-state index contributed by atoms with van der Waals surface area (Å²) in [7, 11) is 1.69. The molecular formula is C14H22N2O2. The van der Waals surface area contributed by atoms with E-state index >= 15 is 0 Å². The van der Waals surface area contributed by atoms with E-state index < -0.39 is 0 Å². The number of aromatic nitrogens is 1. The second-order valence-corrected chi connectivity index (χ2v) is 5.07. The third-order valence-electron chi connectivity index (χ3n) is 3.77. The molecule has 0 spiro atoms. The Balaban J connectivity index is 2.18. The van der Waals surface area contributed by atoms with Crippen molar-refractivity contribution in [1.29, 1.82) is 0 Å². The highest BCUT2D eigenvalue weighted by atomic mass is 16.5. The Morgan fingerprint density at radius 3 is 2.94 bits per heavy atom. The van der Waals surface area contributed by atoms with Crippen molar-refractivity contribution in [1.82, 2.24) is 10.3 Å². The normalized spacial score (nSPS) is 24.0. The lowest BCUT2D eigenvalue weighted by Crippen LogP contribution is -2.41. The maximum absolute atomic E-state index is 10.0. The largest absolute Gasteiger partial charge is 0.496 e. The van der Waals surface area contributed by atoms with Gasteiger partial charge in [-0.25, -0.2) is 0 Å². The predicted octanol–water partition coefficient (Wildman–Crippen LogP) is 1.22. The van der Waals surface area contributed by atoms with Crippen LogP contribution in [0.1, 0.15) is 23.2 Å². The van der Waals surface area contributed by atoms with E-state index in [9.17, 15) is 5.11 Å². The fourth-order valence-electron chi connectivity index (χ4n) is 2.64. The molecule has 4 heteroatoms. The van der Waals surface area contributed by atoms with E-state index in [1.165, 1.54) is 0 Å². The standard InChI is InChI=1S/C14H22N2O2/c1-9-7-16-12(10(2)14(9)18-3)6-11-8-15-5-4-13(11)17/h7,11,13,15,17H,4-6,8H2,1-3H3. The first-order valence-electron chi connectivity index (χ1n) is 6.51. The number of hydrogen-bond acceptors (Lipinski definition) is 4. The molecule has 1 aromatic rings. The van der Waals surface area contributed by atoms with E-state index in [4.69, 9.17) is 4.74 Å². The van der Waals surface area contributed by atoms with Gasteiger partial charge in [-0.15, -0.1) is 0 Å². The molecule has 2 heterocycles. The zero-order valence-electron chi connectivity index (χ0n) is 11.4. The molecule has 0 aliphatic carbocycles. The number of rotatable bonds is 3. The van der Waals surface area contributed by atoms with Crippen LogP contribution in [0.2, 0.25) is 0 Å². The third-order valence-corrected chi connectivity index (χ3v) is 3.77. The van der Waals surface area contributed by atoms with Gasteiger partial charge in [-0.1, -0.05) is 0 Å². The second-order valence-electron chi connectivity index (χ2n) is 5.07. The van der Waals surface area contributed by atoms with Crippen LogP contribution in [-0.4, -0.2) is 36.4 Å². The monoisotopic (exact) mass is 250 g/mol. The lowest BCUT2D eigenvalue weighted by atomic mass is 9.90. The maximum Gasteiger partial charge on any atom is 0.128 e. The first-order valence-corrected chi connectivity index (χ1v) is 6.51. The number of aryl methyl sites for hydroxylation is 1. The minimum atomic E-state index is -0.222.